The van der Waals surface area contributed by atoms with Crippen LogP contribution in [0, 0.1) is 5.82 Å². The molecule has 1 aliphatic rings. The quantitative estimate of drug-likeness (QED) is 0.644. The Kier molecular flexibility index (Phi) is 6.54. The number of nitrogens with zero attached hydrogens (tertiary/aromatic N) is 2. The van der Waals surface area contributed by atoms with Crippen molar-refractivity contribution in [1.82, 2.24) is 15.3 Å². The molecule has 2 aromatic heterocycles. The minimum atomic E-state index is -0.347. The lowest BCUT2D eigenvalue weighted by molar-refractivity contribution is 0.103. The summed E-state index contributed by atoms with van der Waals surface area (Å²) in [6, 6.07) is 6.41. The maximum Gasteiger partial charge on any atom is 0.269 e. The van der Waals surface area contributed by atoms with Gasteiger partial charge in [-0.25, -0.2) is 14.4 Å². The van der Waals surface area contributed by atoms with Gasteiger partial charge in [0.05, 0.1) is 6.20 Å². The van der Waals surface area contributed by atoms with E-state index >= 15 is 0 Å². The average Bonchev–Trinajstić information content (AvgIpc) is 3.33. The minimum Gasteiger partial charge on any atom is -0.317 e. The summed E-state index contributed by atoms with van der Waals surface area (Å²) < 4.78 is 13.9. The van der Waals surface area contributed by atoms with Crippen molar-refractivity contribution in [1.29, 1.82) is 0 Å². The number of rotatable bonds is 4. The maximum absolute atomic E-state index is 13.9. The second kappa shape index (κ2) is 8.88. The summed E-state index contributed by atoms with van der Waals surface area (Å²) in [5.74, 6) is -0.105. The number of hydrogen-bond donors (Lipinski definition) is 2. The van der Waals surface area contributed by atoms with Gasteiger partial charge < -0.3 is 5.32 Å². The highest BCUT2D eigenvalue weighted by molar-refractivity contribution is 7.17. The molecular formula is C18H18ClFN4OS2. The van der Waals surface area contributed by atoms with E-state index < -0.39 is 0 Å². The zero-order valence-corrected chi connectivity index (χ0v) is 16.7. The molecule has 0 spiro atoms. The summed E-state index contributed by atoms with van der Waals surface area (Å²) in [4.78, 5) is 22.6. The Labute approximate surface area is 170 Å². The predicted octanol–water partition coefficient (Wildman–Crippen LogP) is 4.55. The van der Waals surface area contributed by atoms with Gasteiger partial charge in [-0.05, 0) is 44.0 Å². The predicted molar refractivity (Wildman–Crippen MR) is 110 cm³/mol. The Morgan fingerprint density at radius 1 is 1.15 bits per heavy atom. The zero-order chi connectivity index (χ0) is 17.9. The highest BCUT2D eigenvalue weighted by atomic mass is 35.5. The number of amides is 1. The first-order valence-electron chi connectivity index (χ1n) is 8.39. The third-order valence-electron chi connectivity index (χ3n) is 4.32. The van der Waals surface area contributed by atoms with Crippen molar-refractivity contribution < 1.29 is 9.18 Å². The van der Waals surface area contributed by atoms with E-state index in [4.69, 9.17) is 0 Å². The molecule has 1 aromatic carbocycles. The van der Waals surface area contributed by atoms with Crippen molar-refractivity contribution in [3.63, 3.8) is 0 Å². The number of carbonyl (C=O) groups excluding carboxylic acids is 1. The monoisotopic (exact) mass is 424 g/mol. The van der Waals surface area contributed by atoms with Crippen LogP contribution in [0.3, 0.4) is 0 Å². The number of carbonyl (C=O) groups is 1. The smallest absolute Gasteiger partial charge is 0.269 e. The van der Waals surface area contributed by atoms with Crippen LogP contribution in [0.25, 0.3) is 10.6 Å². The molecule has 3 aromatic rings. The van der Waals surface area contributed by atoms with Crippen molar-refractivity contribution in [2.75, 3.05) is 18.4 Å². The number of piperidine rings is 1. The van der Waals surface area contributed by atoms with Gasteiger partial charge in [0.1, 0.15) is 15.7 Å². The number of thiazole rings is 2. The number of nitrogens with one attached hydrogen (secondary N) is 2. The summed E-state index contributed by atoms with van der Waals surface area (Å²) in [5.41, 5.74) is 0.402. The SMILES string of the molecule is Cl.O=C(Nc1ncc(C2CCNCC2)s1)c1cnc(-c2ccccc2F)s1. The molecule has 1 saturated heterocycles. The van der Waals surface area contributed by atoms with E-state index in [2.05, 4.69) is 20.6 Å². The highest BCUT2D eigenvalue weighted by Gasteiger charge is 2.19. The van der Waals surface area contributed by atoms with Gasteiger partial charge in [-0.2, -0.15) is 0 Å². The van der Waals surface area contributed by atoms with Crippen LogP contribution in [0.2, 0.25) is 0 Å². The Hall–Kier alpha value is -1.87. The Morgan fingerprint density at radius 2 is 1.93 bits per heavy atom. The average molecular weight is 425 g/mol. The second-order valence-corrected chi connectivity index (χ2v) is 8.15. The van der Waals surface area contributed by atoms with E-state index in [1.54, 1.807) is 18.2 Å². The highest BCUT2D eigenvalue weighted by Crippen LogP contribution is 2.32. The number of benzene rings is 1. The molecule has 0 aliphatic carbocycles. The van der Waals surface area contributed by atoms with Gasteiger partial charge in [-0.3, -0.25) is 10.1 Å². The summed E-state index contributed by atoms with van der Waals surface area (Å²) in [6.45, 7) is 2.04. The molecule has 5 nitrogen and oxygen atoms in total. The van der Waals surface area contributed by atoms with E-state index in [1.165, 1.54) is 39.8 Å². The molecule has 27 heavy (non-hydrogen) atoms. The molecule has 1 aliphatic heterocycles. The number of halogens is 2. The number of hydrogen-bond acceptors (Lipinski definition) is 6. The van der Waals surface area contributed by atoms with Crippen LogP contribution in [-0.2, 0) is 0 Å². The molecule has 0 saturated carbocycles. The summed E-state index contributed by atoms with van der Waals surface area (Å²) in [5, 5.41) is 7.25. The van der Waals surface area contributed by atoms with Gasteiger partial charge in [0.2, 0.25) is 0 Å². The molecule has 0 radical (unpaired) electrons. The Balaban J connectivity index is 0.00000210. The second-order valence-electron chi connectivity index (χ2n) is 6.06. The van der Waals surface area contributed by atoms with Crippen LogP contribution < -0.4 is 10.6 Å². The topological polar surface area (TPSA) is 66.9 Å². The van der Waals surface area contributed by atoms with Gasteiger partial charge >= 0.3 is 0 Å². The lowest BCUT2D eigenvalue weighted by Crippen LogP contribution is -2.26. The van der Waals surface area contributed by atoms with Crippen LogP contribution in [0.5, 0.6) is 0 Å². The van der Waals surface area contributed by atoms with Crippen molar-refractivity contribution in [3.8, 4) is 10.6 Å². The molecule has 142 valence electrons. The zero-order valence-electron chi connectivity index (χ0n) is 14.3. The fraction of sp³-hybridized carbons (Fsp3) is 0.278. The van der Waals surface area contributed by atoms with Crippen LogP contribution in [0.1, 0.15) is 33.3 Å². The fourth-order valence-corrected chi connectivity index (χ4v) is 4.76. The third kappa shape index (κ3) is 4.52. The molecular weight excluding hydrogens is 407 g/mol. The molecule has 9 heteroatoms. The molecule has 2 N–H and O–H groups in total. The van der Waals surface area contributed by atoms with E-state index in [9.17, 15) is 9.18 Å². The number of aromatic nitrogens is 2. The standard InChI is InChI=1S/C18H17FN4OS2.ClH/c19-13-4-2-1-3-12(13)17-21-10-15(25-17)16(24)23-18-22-9-14(26-18)11-5-7-20-8-6-11;/h1-4,9-11,20H,5-8H2,(H,22,23,24);1H. The molecule has 1 fully saturated rings. The Bertz CT molecular complexity index is 923. The van der Waals surface area contributed by atoms with Gasteiger partial charge in [-0.15, -0.1) is 35.1 Å². The largest absolute Gasteiger partial charge is 0.317 e. The lowest BCUT2D eigenvalue weighted by atomic mass is 9.97. The van der Waals surface area contributed by atoms with E-state index in [0.29, 0.717) is 26.5 Å². The maximum atomic E-state index is 13.9. The van der Waals surface area contributed by atoms with Crippen LogP contribution in [0.4, 0.5) is 9.52 Å². The van der Waals surface area contributed by atoms with Gasteiger partial charge in [0.25, 0.3) is 5.91 Å². The Morgan fingerprint density at radius 3 is 2.70 bits per heavy atom. The molecule has 0 unspecified atom stereocenters. The molecule has 3 heterocycles. The fourth-order valence-electron chi connectivity index (χ4n) is 2.94. The summed E-state index contributed by atoms with van der Waals surface area (Å²) in [6.07, 6.45) is 5.52. The number of anilines is 1. The van der Waals surface area contributed by atoms with Gasteiger partial charge in [-0.1, -0.05) is 12.1 Å². The molecule has 4 rings (SSSR count). The molecule has 0 bridgehead atoms. The van der Waals surface area contributed by atoms with Crippen LogP contribution in [0.15, 0.2) is 36.7 Å². The van der Waals surface area contributed by atoms with Gasteiger partial charge in [0.15, 0.2) is 5.13 Å². The normalized spacial score (nSPS) is 14.6. The van der Waals surface area contributed by atoms with E-state index in [1.807, 2.05) is 6.20 Å². The van der Waals surface area contributed by atoms with Crippen molar-refractivity contribution >= 4 is 46.1 Å². The molecule has 0 atom stereocenters. The van der Waals surface area contributed by atoms with E-state index in [0.717, 1.165) is 25.9 Å². The van der Waals surface area contributed by atoms with Crippen molar-refractivity contribution in [3.05, 3.63) is 52.2 Å². The third-order valence-corrected chi connectivity index (χ3v) is 6.42. The van der Waals surface area contributed by atoms with Crippen molar-refractivity contribution in [2.45, 2.75) is 18.8 Å². The molecule has 1 amide bonds. The van der Waals surface area contributed by atoms with Crippen LogP contribution >= 0.6 is 35.1 Å². The first-order chi connectivity index (χ1) is 12.7. The lowest BCUT2D eigenvalue weighted by Gasteiger charge is -2.20. The van der Waals surface area contributed by atoms with Gasteiger partial charge in [0, 0.05) is 16.6 Å². The van der Waals surface area contributed by atoms with Crippen molar-refractivity contribution in [2.24, 2.45) is 0 Å². The first kappa shape index (κ1) is 19.9. The first-order valence-corrected chi connectivity index (χ1v) is 10.0. The van der Waals surface area contributed by atoms with Crippen LogP contribution in [-0.4, -0.2) is 29.0 Å². The summed E-state index contributed by atoms with van der Waals surface area (Å²) in [7, 11) is 0. The summed E-state index contributed by atoms with van der Waals surface area (Å²) >= 11 is 2.69. The minimum absolute atomic E-state index is 0. The van der Waals surface area contributed by atoms with E-state index in [-0.39, 0.29) is 24.1 Å².